The minimum atomic E-state index is -0.188. The first-order chi connectivity index (χ1) is 8.15. The molecule has 94 valence electrons. The maximum atomic E-state index is 12.5. The first-order valence-electron chi connectivity index (χ1n) is 6.77. The van der Waals surface area contributed by atoms with Gasteiger partial charge in [0, 0.05) is 12.6 Å². The molecular weight excluding hydrogens is 216 g/mol. The fraction of sp³-hybridized carbons (Fsp3) is 0.846. The molecule has 0 aromatic heterocycles. The standard InChI is InChI=1S/C13H20N2O2/c1-3-9-12(16)14-6-4-5-10(14)13(17)15(9)11-7-8(11)2/h8-11H,3-7H2,1-2H3. The van der Waals surface area contributed by atoms with Crippen LogP contribution in [0.4, 0.5) is 0 Å². The molecule has 4 heteroatoms. The van der Waals surface area contributed by atoms with Gasteiger partial charge in [-0.15, -0.1) is 0 Å². The van der Waals surface area contributed by atoms with Crippen molar-refractivity contribution in [1.29, 1.82) is 0 Å². The van der Waals surface area contributed by atoms with Crippen molar-refractivity contribution in [3.05, 3.63) is 0 Å². The third kappa shape index (κ3) is 1.49. The van der Waals surface area contributed by atoms with Crippen LogP contribution < -0.4 is 0 Å². The minimum Gasteiger partial charge on any atom is -0.329 e. The number of fused-ring (bicyclic) bond motifs is 1. The molecule has 0 N–H and O–H groups in total. The molecule has 4 nitrogen and oxygen atoms in total. The molecule has 0 aromatic rings. The Kier molecular flexibility index (Phi) is 2.42. The molecule has 4 unspecified atom stereocenters. The average molecular weight is 236 g/mol. The van der Waals surface area contributed by atoms with E-state index in [0.29, 0.717) is 12.0 Å². The van der Waals surface area contributed by atoms with E-state index in [0.717, 1.165) is 32.2 Å². The molecule has 3 rings (SSSR count). The van der Waals surface area contributed by atoms with Crippen LogP contribution in [0.2, 0.25) is 0 Å². The van der Waals surface area contributed by atoms with Gasteiger partial charge in [0.05, 0.1) is 0 Å². The summed E-state index contributed by atoms with van der Waals surface area (Å²) < 4.78 is 0. The highest BCUT2D eigenvalue weighted by Crippen LogP contribution is 2.40. The van der Waals surface area contributed by atoms with Gasteiger partial charge in [0.2, 0.25) is 11.8 Å². The van der Waals surface area contributed by atoms with Crippen LogP contribution in [0, 0.1) is 5.92 Å². The zero-order chi connectivity index (χ0) is 12.2. The zero-order valence-corrected chi connectivity index (χ0v) is 10.6. The van der Waals surface area contributed by atoms with Gasteiger partial charge in [-0.3, -0.25) is 9.59 Å². The molecule has 2 saturated heterocycles. The second-order valence-corrected chi connectivity index (χ2v) is 5.64. The van der Waals surface area contributed by atoms with Gasteiger partial charge in [0.25, 0.3) is 0 Å². The largest absolute Gasteiger partial charge is 0.329 e. The lowest BCUT2D eigenvalue weighted by Crippen LogP contribution is -2.63. The van der Waals surface area contributed by atoms with Crippen molar-refractivity contribution in [3.63, 3.8) is 0 Å². The number of hydrogen-bond donors (Lipinski definition) is 0. The van der Waals surface area contributed by atoms with Crippen LogP contribution in [0.5, 0.6) is 0 Å². The van der Waals surface area contributed by atoms with Crippen molar-refractivity contribution in [2.24, 2.45) is 5.92 Å². The molecule has 0 radical (unpaired) electrons. The normalized spacial score (nSPS) is 40.8. The average Bonchev–Trinajstić information content (AvgIpc) is 2.82. The Morgan fingerprint density at radius 1 is 1.29 bits per heavy atom. The van der Waals surface area contributed by atoms with Crippen LogP contribution in [0.1, 0.15) is 39.5 Å². The van der Waals surface area contributed by atoms with Crippen molar-refractivity contribution in [2.45, 2.75) is 57.7 Å². The summed E-state index contributed by atoms with van der Waals surface area (Å²) in [7, 11) is 0. The van der Waals surface area contributed by atoms with Crippen LogP contribution in [0.25, 0.3) is 0 Å². The Hall–Kier alpha value is -1.06. The molecule has 0 aromatic carbocycles. The van der Waals surface area contributed by atoms with E-state index in [2.05, 4.69) is 6.92 Å². The highest BCUT2D eigenvalue weighted by Gasteiger charge is 2.53. The van der Waals surface area contributed by atoms with E-state index < -0.39 is 0 Å². The van der Waals surface area contributed by atoms with Crippen LogP contribution >= 0.6 is 0 Å². The van der Waals surface area contributed by atoms with Crippen molar-refractivity contribution in [3.8, 4) is 0 Å². The molecule has 4 atom stereocenters. The Bertz CT molecular complexity index is 368. The van der Waals surface area contributed by atoms with Crippen LogP contribution in [-0.2, 0) is 9.59 Å². The van der Waals surface area contributed by atoms with E-state index in [1.54, 1.807) is 0 Å². The molecule has 2 amide bonds. The van der Waals surface area contributed by atoms with Gasteiger partial charge >= 0.3 is 0 Å². The third-order valence-electron chi connectivity index (χ3n) is 4.51. The van der Waals surface area contributed by atoms with Crippen molar-refractivity contribution in [2.75, 3.05) is 6.54 Å². The summed E-state index contributed by atoms with van der Waals surface area (Å²) in [6, 6.07) is 0.00375. The van der Waals surface area contributed by atoms with Crippen LogP contribution in [-0.4, -0.2) is 46.3 Å². The molecule has 2 aliphatic heterocycles. The summed E-state index contributed by atoms with van der Waals surface area (Å²) in [5.74, 6) is 0.978. The second kappa shape index (κ2) is 3.72. The van der Waals surface area contributed by atoms with Gasteiger partial charge in [0.1, 0.15) is 12.1 Å². The molecule has 0 bridgehead atoms. The lowest BCUT2D eigenvalue weighted by Gasteiger charge is -2.42. The summed E-state index contributed by atoms with van der Waals surface area (Å²) in [5, 5.41) is 0. The molecule has 0 spiro atoms. The van der Waals surface area contributed by atoms with Crippen molar-refractivity contribution >= 4 is 11.8 Å². The Morgan fingerprint density at radius 2 is 2.00 bits per heavy atom. The predicted molar refractivity (Wildman–Crippen MR) is 63.2 cm³/mol. The van der Waals surface area contributed by atoms with Crippen LogP contribution in [0.15, 0.2) is 0 Å². The molecule has 1 saturated carbocycles. The van der Waals surface area contributed by atoms with Crippen molar-refractivity contribution < 1.29 is 9.59 Å². The maximum absolute atomic E-state index is 12.5. The van der Waals surface area contributed by atoms with Gasteiger partial charge in [-0.25, -0.2) is 0 Å². The Morgan fingerprint density at radius 3 is 2.59 bits per heavy atom. The van der Waals surface area contributed by atoms with Gasteiger partial charge in [-0.1, -0.05) is 13.8 Å². The van der Waals surface area contributed by atoms with E-state index in [9.17, 15) is 9.59 Å². The minimum absolute atomic E-state index is 0.141. The highest BCUT2D eigenvalue weighted by molar-refractivity contribution is 5.97. The summed E-state index contributed by atoms with van der Waals surface area (Å²) in [4.78, 5) is 28.6. The number of carbonyl (C=O) groups is 2. The number of piperazine rings is 1. The van der Waals surface area contributed by atoms with Crippen molar-refractivity contribution in [1.82, 2.24) is 9.80 Å². The van der Waals surface area contributed by atoms with E-state index in [-0.39, 0.29) is 23.9 Å². The fourth-order valence-electron chi connectivity index (χ4n) is 3.38. The van der Waals surface area contributed by atoms with E-state index in [1.165, 1.54) is 0 Å². The number of hydrogen-bond acceptors (Lipinski definition) is 2. The van der Waals surface area contributed by atoms with E-state index in [4.69, 9.17) is 0 Å². The molecular formula is C13H20N2O2. The fourth-order valence-corrected chi connectivity index (χ4v) is 3.38. The Balaban J connectivity index is 1.90. The predicted octanol–water partition coefficient (Wildman–Crippen LogP) is 1.01. The molecule has 17 heavy (non-hydrogen) atoms. The van der Waals surface area contributed by atoms with E-state index >= 15 is 0 Å². The number of nitrogens with zero attached hydrogens (tertiary/aromatic N) is 2. The first-order valence-corrected chi connectivity index (χ1v) is 6.77. The molecule has 3 aliphatic rings. The maximum Gasteiger partial charge on any atom is 0.246 e. The summed E-state index contributed by atoms with van der Waals surface area (Å²) in [6.07, 6.45) is 3.66. The van der Waals surface area contributed by atoms with Gasteiger partial charge < -0.3 is 9.80 Å². The number of carbonyl (C=O) groups excluding carboxylic acids is 2. The van der Waals surface area contributed by atoms with Gasteiger partial charge in [-0.2, -0.15) is 0 Å². The SMILES string of the molecule is CCC1C(=O)N2CCCC2C(=O)N1C1CC1C. The third-order valence-corrected chi connectivity index (χ3v) is 4.51. The summed E-state index contributed by atoms with van der Waals surface area (Å²) in [5.41, 5.74) is 0. The summed E-state index contributed by atoms with van der Waals surface area (Å²) in [6.45, 7) is 4.95. The lowest BCUT2D eigenvalue weighted by molar-refractivity contribution is -0.160. The summed E-state index contributed by atoms with van der Waals surface area (Å²) >= 11 is 0. The van der Waals surface area contributed by atoms with Gasteiger partial charge in [-0.05, 0) is 31.6 Å². The number of amides is 2. The zero-order valence-electron chi connectivity index (χ0n) is 10.6. The highest BCUT2D eigenvalue weighted by atomic mass is 16.2. The molecule has 3 fully saturated rings. The first kappa shape index (κ1) is 11.1. The van der Waals surface area contributed by atoms with E-state index in [1.807, 2.05) is 16.7 Å². The van der Waals surface area contributed by atoms with Gasteiger partial charge in [0.15, 0.2) is 0 Å². The quantitative estimate of drug-likeness (QED) is 0.718. The Labute approximate surface area is 102 Å². The monoisotopic (exact) mass is 236 g/mol. The molecule has 2 heterocycles. The lowest BCUT2D eigenvalue weighted by atomic mass is 10.0. The second-order valence-electron chi connectivity index (χ2n) is 5.64. The topological polar surface area (TPSA) is 40.6 Å². The van der Waals surface area contributed by atoms with Crippen LogP contribution in [0.3, 0.4) is 0 Å². The number of rotatable bonds is 2. The molecule has 1 aliphatic carbocycles. The smallest absolute Gasteiger partial charge is 0.246 e.